The molecular formula is C14H28ClN3O2. The van der Waals surface area contributed by atoms with Crippen molar-refractivity contribution in [3.63, 3.8) is 0 Å². The van der Waals surface area contributed by atoms with Crippen LogP contribution in [0.3, 0.4) is 0 Å². The molecule has 2 amide bonds. The molecule has 0 saturated carbocycles. The molecule has 0 bridgehead atoms. The Labute approximate surface area is 128 Å². The first-order chi connectivity index (χ1) is 8.64. The number of hydrogen-bond acceptors (Lipinski definition) is 3. The highest BCUT2D eigenvalue weighted by molar-refractivity contribution is 5.91. The Bertz CT molecular complexity index is 347. The first kappa shape index (κ1) is 19.2. The zero-order valence-corrected chi connectivity index (χ0v) is 13.9. The molecule has 1 rings (SSSR count). The molecule has 0 aromatic heterocycles. The Morgan fingerprint density at radius 1 is 1.25 bits per heavy atom. The SMILES string of the molecule is CC(NC(=O)C1(C)CCCCN1)C(=O)NC(C)(C)C.Cl. The van der Waals surface area contributed by atoms with Crippen LogP contribution in [0.5, 0.6) is 0 Å². The maximum Gasteiger partial charge on any atom is 0.242 e. The molecule has 20 heavy (non-hydrogen) atoms. The van der Waals surface area contributed by atoms with Gasteiger partial charge in [0, 0.05) is 5.54 Å². The zero-order chi connectivity index (χ0) is 14.7. The average molecular weight is 306 g/mol. The number of carbonyl (C=O) groups is 2. The highest BCUT2D eigenvalue weighted by Crippen LogP contribution is 2.18. The summed E-state index contributed by atoms with van der Waals surface area (Å²) < 4.78 is 0. The number of rotatable bonds is 3. The van der Waals surface area contributed by atoms with Gasteiger partial charge in [0.2, 0.25) is 11.8 Å². The van der Waals surface area contributed by atoms with Gasteiger partial charge in [0.15, 0.2) is 0 Å². The lowest BCUT2D eigenvalue weighted by molar-refractivity contribution is -0.133. The van der Waals surface area contributed by atoms with E-state index in [0.717, 1.165) is 25.8 Å². The molecule has 1 aliphatic heterocycles. The van der Waals surface area contributed by atoms with E-state index >= 15 is 0 Å². The summed E-state index contributed by atoms with van der Waals surface area (Å²) in [6.07, 6.45) is 2.95. The van der Waals surface area contributed by atoms with Crippen molar-refractivity contribution in [1.82, 2.24) is 16.0 Å². The zero-order valence-electron chi connectivity index (χ0n) is 13.1. The second-order valence-corrected chi connectivity index (χ2v) is 6.65. The molecular weight excluding hydrogens is 278 g/mol. The highest BCUT2D eigenvalue weighted by atomic mass is 35.5. The van der Waals surface area contributed by atoms with Crippen LogP contribution in [0.1, 0.15) is 53.9 Å². The van der Waals surface area contributed by atoms with Gasteiger partial charge in [-0.15, -0.1) is 12.4 Å². The smallest absolute Gasteiger partial charge is 0.242 e. The lowest BCUT2D eigenvalue weighted by Gasteiger charge is -2.34. The molecule has 1 heterocycles. The molecule has 3 N–H and O–H groups in total. The van der Waals surface area contributed by atoms with Gasteiger partial charge in [-0.3, -0.25) is 9.59 Å². The van der Waals surface area contributed by atoms with Crippen LogP contribution in [-0.2, 0) is 9.59 Å². The topological polar surface area (TPSA) is 70.2 Å². The quantitative estimate of drug-likeness (QED) is 0.737. The van der Waals surface area contributed by atoms with Crippen LogP contribution < -0.4 is 16.0 Å². The summed E-state index contributed by atoms with van der Waals surface area (Å²) >= 11 is 0. The van der Waals surface area contributed by atoms with Gasteiger partial charge in [0.25, 0.3) is 0 Å². The number of piperidine rings is 1. The van der Waals surface area contributed by atoms with E-state index in [4.69, 9.17) is 0 Å². The van der Waals surface area contributed by atoms with E-state index in [-0.39, 0.29) is 29.8 Å². The normalized spacial score (nSPS) is 24.2. The van der Waals surface area contributed by atoms with Gasteiger partial charge in [-0.05, 0) is 60.4 Å². The van der Waals surface area contributed by atoms with E-state index in [9.17, 15) is 9.59 Å². The standard InChI is InChI=1S/C14H27N3O2.ClH/c1-10(11(18)17-13(2,3)4)16-12(19)14(5)8-6-7-9-15-14;/h10,15H,6-9H2,1-5H3,(H,16,19)(H,17,18);1H. The van der Waals surface area contributed by atoms with Gasteiger partial charge >= 0.3 is 0 Å². The third kappa shape index (κ3) is 5.67. The molecule has 0 aliphatic carbocycles. The van der Waals surface area contributed by atoms with Crippen molar-refractivity contribution in [3.05, 3.63) is 0 Å². The van der Waals surface area contributed by atoms with Crippen LogP contribution >= 0.6 is 12.4 Å². The highest BCUT2D eigenvalue weighted by Gasteiger charge is 2.35. The first-order valence-electron chi connectivity index (χ1n) is 7.02. The maximum absolute atomic E-state index is 12.2. The Kier molecular flexibility index (Phi) is 6.98. The molecule has 1 fully saturated rings. The second kappa shape index (κ2) is 7.27. The van der Waals surface area contributed by atoms with E-state index in [2.05, 4.69) is 16.0 Å². The average Bonchev–Trinajstić information content (AvgIpc) is 2.27. The maximum atomic E-state index is 12.2. The molecule has 0 aromatic carbocycles. The summed E-state index contributed by atoms with van der Waals surface area (Å²) in [6, 6.07) is -0.521. The number of hydrogen-bond donors (Lipinski definition) is 3. The Morgan fingerprint density at radius 3 is 2.30 bits per heavy atom. The Morgan fingerprint density at radius 2 is 1.85 bits per heavy atom. The van der Waals surface area contributed by atoms with E-state index in [1.54, 1.807) is 6.92 Å². The van der Waals surface area contributed by atoms with Crippen molar-refractivity contribution in [3.8, 4) is 0 Å². The van der Waals surface area contributed by atoms with Gasteiger partial charge in [-0.25, -0.2) is 0 Å². The Balaban J connectivity index is 0.00000361. The molecule has 1 aliphatic rings. The van der Waals surface area contributed by atoms with Gasteiger partial charge in [-0.1, -0.05) is 0 Å². The van der Waals surface area contributed by atoms with Crippen molar-refractivity contribution in [2.45, 2.75) is 71.0 Å². The molecule has 0 radical (unpaired) electrons. The summed E-state index contributed by atoms with van der Waals surface area (Å²) in [4.78, 5) is 24.2. The van der Waals surface area contributed by atoms with Gasteiger partial charge in [0.05, 0.1) is 5.54 Å². The number of amides is 2. The Hall–Kier alpha value is -0.810. The molecule has 6 heteroatoms. The lowest BCUT2D eigenvalue weighted by Crippen LogP contribution is -2.60. The van der Waals surface area contributed by atoms with E-state index in [1.807, 2.05) is 27.7 Å². The van der Waals surface area contributed by atoms with Gasteiger partial charge < -0.3 is 16.0 Å². The largest absolute Gasteiger partial charge is 0.350 e. The van der Waals surface area contributed by atoms with Crippen LogP contribution in [0.2, 0.25) is 0 Å². The lowest BCUT2D eigenvalue weighted by atomic mass is 9.90. The van der Waals surface area contributed by atoms with Crippen molar-refractivity contribution in [1.29, 1.82) is 0 Å². The van der Waals surface area contributed by atoms with Gasteiger partial charge in [-0.2, -0.15) is 0 Å². The summed E-state index contributed by atoms with van der Waals surface area (Å²) in [6.45, 7) is 10.2. The summed E-state index contributed by atoms with van der Waals surface area (Å²) in [5.74, 6) is -0.246. The summed E-state index contributed by atoms with van der Waals surface area (Å²) in [5.41, 5.74) is -0.836. The third-order valence-electron chi connectivity index (χ3n) is 3.36. The molecule has 1 saturated heterocycles. The van der Waals surface area contributed by atoms with Crippen LogP contribution in [-0.4, -0.2) is 35.5 Å². The predicted octanol–water partition coefficient (Wildman–Crippen LogP) is 1.36. The minimum atomic E-state index is -0.547. The predicted molar refractivity (Wildman–Crippen MR) is 83.0 cm³/mol. The molecule has 0 aromatic rings. The molecule has 0 spiro atoms. The van der Waals surface area contributed by atoms with Gasteiger partial charge in [0.1, 0.15) is 6.04 Å². The van der Waals surface area contributed by atoms with E-state index < -0.39 is 11.6 Å². The second-order valence-electron chi connectivity index (χ2n) is 6.65. The van der Waals surface area contributed by atoms with Crippen LogP contribution in [0, 0.1) is 0 Å². The monoisotopic (exact) mass is 305 g/mol. The molecule has 118 valence electrons. The van der Waals surface area contributed by atoms with Crippen molar-refractivity contribution in [2.75, 3.05) is 6.54 Å². The summed E-state index contributed by atoms with van der Waals surface area (Å²) in [7, 11) is 0. The molecule has 2 atom stereocenters. The van der Waals surface area contributed by atoms with Crippen molar-refractivity contribution >= 4 is 24.2 Å². The fourth-order valence-corrected chi connectivity index (χ4v) is 2.15. The molecule has 2 unspecified atom stereocenters. The van der Waals surface area contributed by atoms with Crippen molar-refractivity contribution < 1.29 is 9.59 Å². The molecule has 5 nitrogen and oxygen atoms in total. The minimum absolute atomic E-state index is 0. The third-order valence-corrected chi connectivity index (χ3v) is 3.36. The minimum Gasteiger partial charge on any atom is -0.350 e. The fraction of sp³-hybridized carbons (Fsp3) is 0.857. The fourth-order valence-electron chi connectivity index (χ4n) is 2.15. The number of halogens is 1. The summed E-state index contributed by atoms with van der Waals surface area (Å²) in [5, 5.41) is 8.91. The van der Waals surface area contributed by atoms with Crippen LogP contribution in [0.15, 0.2) is 0 Å². The first-order valence-corrected chi connectivity index (χ1v) is 7.02. The van der Waals surface area contributed by atoms with Crippen LogP contribution in [0.25, 0.3) is 0 Å². The van der Waals surface area contributed by atoms with E-state index in [1.165, 1.54) is 0 Å². The van der Waals surface area contributed by atoms with Crippen LogP contribution in [0.4, 0.5) is 0 Å². The number of carbonyl (C=O) groups excluding carboxylic acids is 2. The van der Waals surface area contributed by atoms with Crippen molar-refractivity contribution in [2.24, 2.45) is 0 Å². The van der Waals surface area contributed by atoms with E-state index in [0.29, 0.717) is 0 Å². The number of nitrogens with one attached hydrogen (secondary N) is 3.